The molecule has 2 aromatic rings. The molecule has 0 saturated heterocycles. The Hall–Kier alpha value is -1.95. The number of hydrogen-bond donors (Lipinski definition) is 0. The zero-order valence-corrected chi connectivity index (χ0v) is 11.3. The fraction of sp³-hybridized carbons (Fsp3) is 0.231. The van der Waals surface area contributed by atoms with Crippen molar-refractivity contribution in [1.82, 2.24) is 4.98 Å². The molecule has 19 heavy (non-hydrogen) atoms. The Morgan fingerprint density at radius 1 is 1.37 bits per heavy atom. The van der Waals surface area contributed by atoms with Crippen molar-refractivity contribution in [2.75, 3.05) is 13.7 Å². The van der Waals surface area contributed by atoms with Gasteiger partial charge in [0.1, 0.15) is 10.7 Å². The summed E-state index contributed by atoms with van der Waals surface area (Å²) in [6.45, 7) is 2.01. The molecule has 4 nitrogen and oxygen atoms in total. The molecule has 0 fully saturated rings. The Kier molecular flexibility index (Phi) is 4.11. The van der Waals surface area contributed by atoms with Crippen molar-refractivity contribution in [3.63, 3.8) is 0 Å². The average Bonchev–Trinajstić information content (AvgIpc) is 2.84. The third-order valence-corrected chi connectivity index (χ3v) is 3.36. The average molecular weight is 281 g/mol. The van der Waals surface area contributed by atoms with Crippen LogP contribution in [0.5, 0.6) is 5.19 Å². The van der Waals surface area contributed by atoms with Crippen LogP contribution in [0.15, 0.2) is 24.3 Å². The Bertz CT molecular complexity index is 580. The Labute approximate surface area is 113 Å². The maximum Gasteiger partial charge on any atom is 0.350 e. The third kappa shape index (κ3) is 2.90. The maximum atomic E-state index is 12.9. The minimum Gasteiger partial charge on any atom is -0.473 e. The van der Waals surface area contributed by atoms with Gasteiger partial charge in [-0.1, -0.05) is 11.3 Å². The van der Waals surface area contributed by atoms with Crippen molar-refractivity contribution in [3.8, 4) is 16.5 Å². The molecule has 6 heteroatoms. The predicted octanol–water partition coefficient (Wildman–Crippen LogP) is 3.13. The first-order chi connectivity index (χ1) is 9.15. The van der Waals surface area contributed by atoms with E-state index in [-0.39, 0.29) is 12.4 Å². The van der Waals surface area contributed by atoms with Crippen molar-refractivity contribution >= 4 is 17.3 Å². The number of methoxy groups -OCH3 is 1. The molecule has 0 amide bonds. The standard InChI is InChI=1S/C13H12FNO3S/c1-3-18-12(16)11-10(15-13(17-2)19-11)8-4-6-9(14)7-5-8/h4-7H,3H2,1-2H3. The molecule has 1 heterocycles. The van der Waals surface area contributed by atoms with Crippen LogP contribution in [0.2, 0.25) is 0 Å². The summed E-state index contributed by atoms with van der Waals surface area (Å²) in [5.41, 5.74) is 1.09. The van der Waals surface area contributed by atoms with E-state index in [4.69, 9.17) is 9.47 Å². The molecule has 0 aliphatic rings. The van der Waals surface area contributed by atoms with Gasteiger partial charge in [0.2, 0.25) is 0 Å². The summed E-state index contributed by atoms with van der Waals surface area (Å²) >= 11 is 1.10. The van der Waals surface area contributed by atoms with Gasteiger partial charge in [0.05, 0.1) is 19.4 Å². The van der Waals surface area contributed by atoms with Gasteiger partial charge in [-0.2, -0.15) is 0 Å². The largest absolute Gasteiger partial charge is 0.473 e. The second kappa shape index (κ2) is 5.79. The lowest BCUT2D eigenvalue weighted by Gasteiger charge is -2.02. The van der Waals surface area contributed by atoms with Crippen LogP contribution in [0.25, 0.3) is 11.3 Å². The number of halogens is 1. The number of carbonyl (C=O) groups is 1. The Morgan fingerprint density at radius 3 is 2.63 bits per heavy atom. The highest BCUT2D eigenvalue weighted by atomic mass is 32.1. The second-order valence-electron chi connectivity index (χ2n) is 3.59. The number of hydrogen-bond acceptors (Lipinski definition) is 5. The highest BCUT2D eigenvalue weighted by Crippen LogP contribution is 2.32. The molecule has 0 radical (unpaired) electrons. The fourth-order valence-corrected chi connectivity index (χ4v) is 2.32. The van der Waals surface area contributed by atoms with Gasteiger partial charge in [-0.05, 0) is 31.2 Å². The Balaban J connectivity index is 2.46. The molecular formula is C13H12FNO3S. The molecule has 0 aliphatic carbocycles. The first-order valence-corrected chi connectivity index (χ1v) is 6.45. The molecule has 0 atom stereocenters. The van der Waals surface area contributed by atoms with Gasteiger partial charge < -0.3 is 9.47 Å². The molecule has 0 N–H and O–H groups in total. The van der Waals surface area contributed by atoms with Crippen molar-refractivity contribution < 1.29 is 18.7 Å². The van der Waals surface area contributed by atoms with E-state index in [1.807, 2.05) is 0 Å². The number of benzene rings is 1. The summed E-state index contributed by atoms with van der Waals surface area (Å²) in [6.07, 6.45) is 0. The van der Waals surface area contributed by atoms with Crippen LogP contribution in [0, 0.1) is 5.82 Å². The number of carbonyl (C=O) groups excluding carboxylic acids is 1. The highest BCUT2D eigenvalue weighted by molar-refractivity contribution is 7.15. The van der Waals surface area contributed by atoms with E-state index >= 15 is 0 Å². The van der Waals surface area contributed by atoms with Crippen LogP contribution in [-0.4, -0.2) is 24.7 Å². The minimum atomic E-state index is -0.456. The smallest absolute Gasteiger partial charge is 0.350 e. The predicted molar refractivity (Wildman–Crippen MR) is 70.0 cm³/mol. The topological polar surface area (TPSA) is 48.4 Å². The summed E-state index contributed by atoms with van der Waals surface area (Å²) in [7, 11) is 1.47. The maximum absolute atomic E-state index is 12.9. The van der Waals surface area contributed by atoms with E-state index < -0.39 is 5.97 Å². The monoisotopic (exact) mass is 281 g/mol. The molecule has 1 aromatic heterocycles. The molecule has 100 valence electrons. The van der Waals surface area contributed by atoms with Gasteiger partial charge in [0, 0.05) is 5.56 Å². The van der Waals surface area contributed by atoms with Gasteiger partial charge in [0.25, 0.3) is 5.19 Å². The molecule has 0 saturated carbocycles. The van der Waals surface area contributed by atoms with Crippen molar-refractivity contribution in [3.05, 3.63) is 35.0 Å². The van der Waals surface area contributed by atoms with Crippen LogP contribution in [0.4, 0.5) is 4.39 Å². The first kappa shape index (κ1) is 13.5. The lowest BCUT2D eigenvalue weighted by atomic mass is 10.1. The summed E-state index contributed by atoms with van der Waals surface area (Å²) in [6, 6.07) is 5.76. The number of esters is 1. The van der Waals surface area contributed by atoms with E-state index in [9.17, 15) is 9.18 Å². The lowest BCUT2D eigenvalue weighted by molar-refractivity contribution is 0.0532. The first-order valence-electron chi connectivity index (χ1n) is 5.63. The summed E-state index contributed by atoms with van der Waals surface area (Å²) in [5.74, 6) is -0.800. The molecule has 0 bridgehead atoms. The van der Waals surface area contributed by atoms with Crippen LogP contribution < -0.4 is 4.74 Å². The van der Waals surface area contributed by atoms with Gasteiger partial charge in [-0.25, -0.2) is 14.2 Å². The molecular weight excluding hydrogens is 269 g/mol. The molecule has 0 spiro atoms. The molecule has 1 aromatic carbocycles. The number of nitrogens with zero attached hydrogens (tertiary/aromatic N) is 1. The lowest BCUT2D eigenvalue weighted by Crippen LogP contribution is -2.03. The van der Waals surface area contributed by atoms with Gasteiger partial charge in [0.15, 0.2) is 0 Å². The highest BCUT2D eigenvalue weighted by Gasteiger charge is 2.21. The van der Waals surface area contributed by atoms with E-state index in [2.05, 4.69) is 4.98 Å². The van der Waals surface area contributed by atoms with Crippen LogP contribution in [-0.2, 0) is 4.74 Å². The van der Waals surface area contributed by atoms with Crippen molar-refractivity contribution in [1.29, 1.82) is 0 Å². The van der Waals surface area contributed by atoms with Crippen LogP contribution in [0.1, 0.15) is 16.6 Å². The summed E-state index contributed by atoms with van der Waals surface area (Å²) in [4.78, 5) is 16.4. The zero-order chi connectivity index (χ0) is 13.8. The third-order valence-electron chi connectivity index (χ3n) is 2.36. The number of ether oxygens (including phenoxy) is 2. The Morgan fingerprint density at radius 2 is 2.05 bits per heavy atom. The van der Waals surface area contributed by atoms with E-state index in [0.29, 0.717) is 21.3 Å². The summed E-state index contributed by atoms with van der Waals surface area (Å²) in [5, 5.41) is 0.363. The quantitative estimate of drug-likeness (QED) is 0.808. The van der Waals surface area contributed by atoms with Gasteiger partial charge in [-0.3, -0.25) is 0 Å². The number of rotatable bonds is 4. The second-order valence-corrected chi connectivity index (χ2v) is 4.55. The van der Waals surface area contributed by atoms with Gasteiger partial charge >= 0.3 is 5.97 Å². The minimum absolute atomic E-state index is 0.280. The van der Waals surface area contributed by atoms with E-state index in [1.54, 1.807) is 19.1 Å². The fourth-order valence-electron chi connectivity index (χ4n) is 1.53. The van der Waals surface area contributed by atoms with Crippen LogP contribution in [0.3, 0.4) is 0 Å². The zero-order valence-electron chi connectivity index (χ0n) is 10.5. The van der Waals surface area contributed by atoms with Crippen molar-refractivity contribution in [2.45, 2.75) is 6.92 Å². The van der Waals surface area contributed by atoms with Gasteiger partial charge in [-0.15, -0.1) is 0 Å². The SMILES string of the molecule is CCOC(=O)c1sc(OC)nc1-c1ccc(F)cc1. The summed E-state index contributed by atoms with van der Waals surface area (Å²) < 4.78 is 22.9. The number of aromatic nitrogens is 1. The van der Waals surface area contributed by atoms with Crippen molar-refractivity contribution in [2.24, 2.45) is 0 Å². The van der Waals surface area contributed by atoms with Crippen LogP contribution >= 0.6 is 11.3 Å². The van der Waals surface area contributed by atoms with E-state index in [1.165, 1.54) is 19.2 Å². The normalized spacial score (nSPS) is 10.3. The molecule has 2 rings (SSSR count). The van der Waals surface area contributed by atoms with E-state index in [0.717, 1.165) is 11.3 Å². The molecule has 0 unspecified atom stereocenters. The molecule has 0 aliphatic heterocycles. The number of thiazole rings is 1.